The molecule has 4 aromatic rings. The molecule has 0 saturated carbocycles. The van der Waals surface area contributed by atoms with Crippen molar-refractivity contribution in [3.8, 4) is 28.5 Å². The van der Waals surface area contributed by atoms with E-state index in [0.29, 0.717) is 18.8 Å². The number of rotatable bonds is 5. The monoisotopic (exact) mass is 475 g/mol. The van der Waals surface area contributed by atoms with Crippen LogP contribution in [0.3, 0.4) is 0 Å². The van der Waals surface area contributed by atoms with Crippen LogP contribution in [0.5, 0.6) is 5.75 Å². The van der Waals surface area contributed by atoms with Crippen LogP contribution in [0.4, 0.5) is 10.1 Å². The third-order valence-corrected chi connectivity index (χ3v) is 5.96. The Morgan fingerprint density at radius 1 is 1.03 bits per heavy atom. The maximum Gasteiger partial charge on any atom is 0.251 e. The van der Waals surface area contributed by atoms with Crippen LogP contribution < -0.4 is 15.1 Å². The van der Waals surface area contributed by atoms with E-state index in [0.717, 1.165) is 11.4 Å². The summed E-state index contributed by atoms with van der Waals surface area (Å²) in [7, 11) is 1.40. The average Bonchev–Trinajstić information content (AvgIpc) is 3.34. The number of anilines is 1. The van der Waals surface area contributed by atoms with E-state index >= 15 is 4.39 Å². The minimum atomic E-state index is -0.463. The van der Waals surface area contributed by atoms with Gasteiger partial charge >= 0.3 is 0 Å². The minimum Gasteiger partial charge on any atom is -0.491 e. The van der Waals surface area contributed by atoms with E-state index in [1.165, 1.54) is 24.1 Å². The van der Waals surface area contributed by atoms with Crippen LogP contribution in [0.15, 0.2) is 71.8 Å². The van der Waals surface area contributed by atoms with Crippen molar-refractivity contribution in [1.82, 2.24) is 19.6 Å². The molecule has 0 aliphatic carbocycles. The van der Waals surface area contributed by atoms with Crippen LogP contribution in [0, 0.1) is 5.82 Å². The molecule has 0 spiro atoms. The summed E-state index contributed by atoms with van der Waals surface area (Å²) in [5, 5.41) is 8.85. The molecule has 1 aliphatic heterocycles. The minimum absolute atomic E-state index is 0.0510. The zero-order valence-corrected chi connectivity index (χ0v) is 19.8. The van der Waals surface area contributed by atoms with Gasteiger partial charge in [-0.05, 0) is 50.2 Å². The first-order valence-corrected chi connectivity index (χ1v) is 11.4. The molecule has 2 aromatic heterocycles. The molecule has 3 heterocycles. The van der Waals surface area contributed by atoms with Gasteiger partial charge in [0.15, 0.2) is 17.3 Å². The molecule has 0 unspecified atom stereocenters. The van der Waals surface area contributed by atoms with Crippen molar-refractivity contribution in [2.75, 3.05) is 25.1 Å². The zero-order chi connectivity index (χ0) is 24.5. The third-order valence-electron chi connectivity index (χ3n) is 5.96. The zero-order valence-electron chi connectivity index (χ0n) is 19.8. The Morgan fingerprint density at radius 3 is 2.46 bits per heavy atom. The van der Waals surface area contributed by atoms with E-state index in [4.69, 9.17) is 9.47 Å². The highest BCUT2D eigenvalue weighted by Gasteiger charge is 2.24. The Bertz CT molecular complexity index is 1390. The van der Waals surface area contributed by atoms with Gasteiger partial charge in [-0.2, -0.15) is 10.2 Å². The van der Waals surface area contributed by atoms with Crippen LogP contribution in [-0.2, 0) is 4.74 Å². The Labute approximate surface area is 202 Å². The van der Waals surface area contributed by atoms with Crippen molar-refractivity contribution < 1.29 is 13.9 Å². The highest BCUT2D eigenvalue weighted by Crippen LogP contribution is 2.26. The Kier molecular flexibility index (Phi) is 6.08. The van der Waals surface area contributed by atoms with Gasteiger partial charge in [0.1, 0.15) is 5.69 Å². The predicted octanol–water partition coefficient (Wildman–Crippen LogP) is 3.85. The second-order valence-corrected chi connectivity index (χ2v) is 8.58. The smallest absolute Gasteiger partial charge is 0.251 e. The van der Waals surface area contributed by atoms with Gasteiger partial charge in [-0.15, -0.1) is 0 Å². The molecular weight excluding hydrogens is 449 g/mol. The summed E-state index contributed by atoms with van der Waals surface area (Å²) < 4.78 is 29.5. The highest BCUT2D eigenvalue weighted by molar-refractivity contribution is 5.59. The van der Waals surface area contributed by atoms with Gasteiger partial charge < -0.3 is 14.4 Å². The van der Waals surface area contributed by atoms with Crippen LogP contribution in [-0.4, -0.2) is 52.0 Å². The number of methoxy groups -OCH3 is 1. The topological polar surface area (TPSA) is 74.4 Å². The number of hydrogen-bond donors (Lipinski definition) is 0. The molecule has 9 heteroatoms. The van der Waals surface area contributed by atoms with Gasteiger partial charge in [0, 0.05) is 18.8 Å². The standard InChI is InChI=1S/C26H26FN5O3/c1-17-14-30(15-18(2)35-17)20-9-10-22(21(27)13-20)31-16-24(34-3)26(33)25(29-31)23-11-12-28-32(23)19-7-5-4-6-8-19/h4-13,16-18H,14-15H2,1-3H3/t17-,18+. The second-order valence-electron chi connectivity index (χ2n) is 8.58. The van der Waals surface area contributed by atoms with E-state index in [9.17, 15) is 4.79 Å². The molecular formula is C26H26FN5O3. The normalized spacial score (nSPS) is 18.0. The fraction of sp³-hybridized carbons (Fsp3) is 0.269. The molecule has 1 fully saturated rings. The Morgan fingerprint density at radius 2 is 1.77 bits per heavy atom. The summed E-state index contributed by atoms with van der Waals surface area (Å²) in [5.41, 5.74) is 1.91. The molecule has 180 valence electrons. The number of benzene rings is 2. The number of aromatic nitrogens is 4. The molecule has 35 heavy (non-hydrogen) atoms. The van der Waals surface area contributed by atoms with Gasteiger partial charge in [0.2, 0.25) is 0 Å². The first-order chi connectivity index (χ1) is 16.9. The molecule has 8 nitrogen and oxygen atoms in total. The first-order valence-electron chi connectivity index (χ1n) is 11.4. The molecule has 0 N–H and O–H groups in total. The highest BCUT2D eigenvalue weighted by atomic mass is 19.1. The largest absolute Gasteiger partial charge is 0.491 e. The summed E-state index contributed by atoms with van der Waals surface area (Å²) in [4.78, 5) is 15.2. The summed E-state index contributed by atoms with van der Waals surface area (Å²) in [6.07, 6.45) is 3.10. The van der Waals surface area contributed by atoms with Gasteiger partial charge in [0.05, 0.1) is 43.1 Å². The number of halogens is 1. The van der Waals surface area contributed by atoms with E-state index < -0.39 is 11.2 Å². The predicted molar refractivity (Wildman–Crippen MR) is 131 cm³/mol. The van der Waals surface area contributed by atoms with Crippen molar-refractivity contribution >= 4 is 5.69 Å². The second kappa shape index (κ2) is 9.34. The maximum absolute atomic E-state index is 15.4. The quantitative estimate of drug-likeness (QED) is 0.437. The number of ether oxygens (including phenoxy) is 2. The molecule has 0 radical (unpaired) electrons. The number of para-hydroxylation sites is 1. The molecule has 2 atom stereocenters. The summed E-state index contributed by atoms with van der Waals surface area (Å²) in [5.74, 6) is -0.412. The van der Waals surface area contributed by atoms with E-state index in [1.54, 1.807) is 23.0 Å². The SMILES string of the molecule is COc1cn(-c2ccc(N3C[C@@H](C)O[C@@H](C)C3)cc2F)nc(-c2ccnn2-c2ccccc2)c1=O. The van der Waals surface area contributed by atoms with E-state index in [1.807, 2.05) is 50.2 Å². The number of hydrogen-bond acceptors (Lipinski definition) is 6. The fourth-order valence-electron chi connectivity index (χ4n) is 4.43. The van der Waals surface area contributed by atoms with Gasteiger partial charge in [-0.3, -0.25) is 4.79 Å². The Balaban J connectivity index is 1.57. The lowest BCUT2D eigenvalue weighted by Crippen LogP contribution is -2.45. The van der Waals surface area contributed by atoms with Crippen molar-refractivity contribution in [3.63, 3.8) is 0 Å². The van der Waals surface area contributed by atoms with Crippen molar-refractivity contribution in [2.24, 2.45) is 0 Å². The molecule has 2 aromatic carbocycles. The maximum atomic E-state index is 15.4. The van der Waals surface area contributed by atoms with Gasteiger partial charge in [0.25, 0.3) is 5.43 Å². The van der Waals surface area contributed by atoms with E-state index in [2.05, 4.69) is 15.1 Å². The lowest BCUT2D eigenvalue weighted by molar-refractivity contribution is -0.00523. The van der Waals surface area contributed by atoms with Crippen LogP contribution >= 0.6 is 0 Å². The fourth-order valence-corrected chi connectivity index (χ4v) is 4.43. The molecule has 5 rings (SSSR count). The van der Waals surface area contributed by atoms with Gasteiger partial charge in [-0.25, -0.2) is 13.8 Å². The number of morpholine rings is 1. The lowest BCUT2D eigenvalue weighted by Gasteiger charge is -2.37. The third kappa shape index (κ3) is 4.42. The van der Waals surface area contributed by atoms with E-state index in [-0.39, 0.29) is 29.3 Å². The summed E-state index contributed by atoms with van der Waals surface area (Å²) in [6, 6.07) is 16.1. The summed E-state index contributed by atoms with van der Waals surface area (Å²) in [6.45, 7) is 5.37. The summed E-state index contributed by atoms with van der Waals surface area (Å²) >= 11 is 0. The first kappa shape index (κ1) is 22.8. The molecule has 1 saturated heterocycles. The van der Waals surface area contributed by atoms with Gasteiger partial charge in [-0.1, -0.05) is 18.2 Å². The molecule has 0 amide bonds. The average molecular weight is 476 g/mol. The molecule has 1 aliphatic rings. The molecule has 0 bridgehead atoms. The number of nitrogens with zero attached hydrogens (tertiary/aromatic N) is 5. The van der Waals surface area contributed by atoms with Crippen LogP contribution in [0.1, 0.15) is 13.8 Å². The van der Waals surface area contributed by atoms with Crippen molar-refractivity contribution in [2.45, 2.75) is 26.1 Å². The Hall–Kier alpha value is -3.98. The van der Waals surface area contributed by atoms with Crippen LogP contribution in [0.25, 0.3) is 22.8 Å². The van der Waals surface area contributed by atoms with Crippen molar-refractivity contribution in [1.29, 1.82) is 0 Å². The van der Waals surface area contributed by atoms with Crippen LogP contribution in [0.2, 0.25) is 0 Å². The van der Waals surface area contributed by atoms with Crippen molar-refractivity contribution in [3.05, 3.63) is 83.0 Å². The lowest BCUT2D eigenvalue weighted by atomic mass is 10.2.